The van der Waals surface area contributed by atoms with Crippen molar-refractivity contribution < 1.29 is 0 Å². The number of nitrogens with zero attached hydrogens (tertiary/aromatic N) is 6. The van der Waals surface area contributed by atoms with E-state index in [0.29, 0.717) is 6.04 Å². The van der Waals surface area contributed by atoms with Gasteiger partial charge in [0.15, 0.2) is 0 Å². The summed E-state index contributed by atoms with van der Waals surface area (Å²) in [5.74, 6) is 2.08. The van der Waals surface area contributed by atoms with Crippen molar-refractivity contribution in [2.45, 2.75) is 45.8 Å². The lowest BCUT2D eigenvalue weighted by molar-refractivity contribution is 0.218. The van der Waals surface area contributed by atoms with E-state index in [0.717, 1.165) is 44.2 Å². The van der Waals surface area contributed by atoms with Gasteiger partial charge in [-0.25, -0.2) is 0 Å². The second-order valence-corrected chi connectivity index (χ2v) is 6.67. The van der Waals surface area contributed by atoms with Crippen molar-refractivity contribution in [1.82, 2.24) is 29.5 Å². The molecule has 1 atom stereocenters. The average molecular weight is 328 g/mol. The summed E-state index contributed by atoms with van der Waals surface area (Å²) in [5.41, 5.74) is 1.37. The Morgan fingerprint density at radius 2 is 2.04 bits per heavy atom. The summed E-state index contributed by atoms with van der Waals surface area (Å²) in [6.45, 7) is 9.42. The van der Waals surface area contributed by atoms with Crippen LogP contribution in [-0.2, 0) is 19.5 Å². The Kier molecular flexibility index (Phi) is 5.58. The van der Waals surface area contributed by atoms with Crippen LogP contribution in [0.2, 0.25) is 0 Å². The Bertz CT molecular complexity index is 638. The third-order valence-electron chi connectivity index (χ3n) is 5.06. The second-order valence-electron chi connectivity index (χ2n) is 6.67. The first-order valence-corrected chi connectivity index (χ1v) is 8.87. The maximum atomic E-state index is 4.34. The van der Waals surface area contributed by atoms with E-state index in [9.17, 15) is 0 Å². The molecule has 0 saturated carbocycles. The van der Waals surface area contributed by atoms with E-state index in [4.69, 9.17) is 0 Å². The maximum absolute atomic E-state index is 4.34. The lowest BCUT2D eigenvalue weighted by Crippen LogP contribution is -2.35. The van der Waals surface area contributed by atoms with Crippen LogP contribution in [0.1, 0.15) is 30.6 Å². The minimum Gasteiger partial charge on any atom is -0.314 e. The van der Waals surface area contributed by atoms with Crippen LogP contribution in [0.5, 0.6) is 0 Å². The molecule has 3 rings (SSSR count). The predicted molar refractivity (Wildman–Crippen MR) is 94.7 cm³/mol. The third-order valence-corrected chi connectivity index (χ3v) is 5.06. The van der Waals surface area contributed by atoms with Crippen LogP contribution in [0, 0.1) is 6.92 Å². The van der Waals surface area contributed by atoms with Crippen LogP contribution in [0.3, 0.4) is 0 Å². The molecule has 0 aromatic carbocycles. The first-order chi connectivity index (χ1) is 11.7. The van der Waals surface area contributed by atoms with Gasteiger partial charge in [0.1, 0.15) is 11.6 Å². The van der Waals surface area contributed by atoms with E-state index in [1.807, 2.05) is 19.3 Å². The highest BCUT2D eigenvalue weighted by atomic mass is 15.3. The van der Waals surface area contributed by atoms with Crippen LogP contribution in [-0.4, -0.2) is 62.3 Å². The van der Waals surface area contributed by atoms with Gasteiger partial charge in [0, 0.05) is 38.1 Å². The molecule has 24 heavy (non-hydrogen) atoms. The topological polar surface area (TPSA) is 50.1 Å². The number of pyridine rings is 1. The molecular formula is C18H28N6. The maximum Gasteiger partial charge on any atom is 0.147 e. The number of hydrogen-bond donors (Lipinski definition) is 0. The molecule has 1 aliphatic heterocycles. The van der Waals surface area contributed by atoms with Gasteiger partial charge in [-0.1, -0.05) is 0 Å². The smallest absolute Gasteiger partial charge is 0.147 e. The molecule has 0 spiro atoms. The molecule has 1 aliphatic rings. The minimum atomic E-state index is 0.602. The summed E-state index contributed by atoms with van der Waals surface area (Å²) in [7, 11) is 2.21. The van der Waals surface area contributed by atoms with Crippen molar-refractivity contribution in [2.24, 2.45) is 0 Å². The van der Waals surface area contributed by atoms with Crippen LogP contribution < -0.4 is 0 Å². The van der Waals surface area contributed by atoms with E-state index in [-0.39, 0.29) is 0 Å². The molecule has 0 radical (unpaired) electrons. The van der Waals surface area contributed by atoms with Crippen molar-refractivity contribution >= 4 is 0 Å². The molecule has 2 aromatic heterocycles. The Morgan fingerprint density at radius 3 is 2.79 bits per heavy atom. The Hall–Kier alpha value is -1.79. The SMILES string of the molecule is CCn1c(C)nnc1CN(C)C1CCN(CCc2ccncc2)C1. The van der Waals surface area contributed by atoms with Crippen molar-refractivity contribution in [3.8, 4) is 0 Å². The van der Waals surface area contributed by atoms with Gasteiger partial charge in [-0.05, 0) is 58.0 Å². The Morgan fingerprint density at radius 1 is 1.25 bits per heavy atom. The highest BCUT2D eigenvalue weighted by Gasteiger charge is 2.26. The molecule has 0 aliphatic carbocycles. The number of rotatable bonds is 7. The van der Waals surface area contributed by atoms with Crippen LogP contribution in [0.4, 0.5) is 0 Å². The van der Waals surface area contributed by atoms with Crippen LogP contribution in [0.15, 0.2) is 24.5 Å². The first kappa shape index (κ1) is 17.0. The van der Waals surface area contributed by atoms with E-state index in [1.165, 1.54) is 18.5 Å². The molecule has 1 saturated heterocycles. The number of likely N-dealkylation sites (N-methyl/N-ethyl adjacent to an activating group) is 1. The van der Waals surface area contributed by atoms with E-state index in [2.05, 4.69) is 55.7 Å². The van der Waals surface area contributed by atoms with Gasteiger partial charge in [-0.15, -0.1) is 10.2 Å². The Labute approximate surface area is 144 Å². The average Bonchev–Trinajstić information content (AvgIpc) is 3.21. The van der Waals surface area contributed by atoms with Crippen molar-refractivity contribution in [3.63, 3.8) is 0 Å². The molecule has 1 unspecified atom stereocenters. The van der Waals surface area contributed by atoms with E-state index in [1.54, 1.807) is 0 Å². The lowest BCUT2D eigenvalue weighted by atomic mass is 10.2. The van der Waals surface area contributed by atoms with Gasteiger partial charge >= 0.3 is 0 Å². The molecule has 6 nitrogen and oxygen atoms in total. The monoisotopic (exact) mass is 328 g/mol. The van der Waals surface area contributed by atoms with Crippen molar-refractivity contribution in [1.29, 1.82) is 0 Å². The van der Waals surface area contributed by atoms with E-state index < -0.39 is 0 Å². The van der Waals surface area contributed by atoms with E-state index >= 15 is 0 Å². The highest BCUT2D eigenvalue weighted by molar-refractivity contribution is 5.10. The van der Waals surface area contributed by atoms with Gasteiger partial charge < -0.3 is 9.47 Å². The fourth-order valence-electron chi connectivity index (χ4n) is 3.52. The van der Waals surface area contributed by atoms with Gasteiger partial charge in [-0.3, -0.25) is 9.88 Å². The molecule has 3 heterocycles. The lowest BCUT2D eigenvalue weighted by Gasteiger charge is -2.24. The molecule has 6 heteroatoms. The van der Waals surface area contributed by atoms with Gasteiger partial charge in [0.05, 0.1) is 6.54 Å². The number of aromatic nitrogens is 4. The van der Waals surface area contributed by atoms with Crippen molar-refractivity contribution in [2.75, 3.05) is 26.7 Å². The zero-order valence-electron chi connectivity index (χ0n) is 15.0. The summed E-state index contributed by atoms with van der Waals surface area (Å²) in [6.07, 6.45) is 6.08. The quantitative estimate of drug-likeness (QED) is 0.775. The molecule has 1 fully saturated rings. The molecule has 130 valence electrons. The zero-order chi connectivity index (χ0) is 16.9. The fraction of sp³-hybridized carbons (Fsp3) is 0.611. The van der Waals surface area contributed by atoms with Gasteiger partial charge in [-0.2, -0.15) is 0 Å². The standard InChI is InChI=1S/C18H28N6/c1-4-24-15(2)20-21-18(24)14-22(3)17-8-12-23(13-17)11-7-16-5-9-19-10-6-16/h5-6,9-10,17H,4,7-8,11-14H2,1-3H3. The summed E-state index contributed by atoms with van der Waals surface area (Å²) in [4.78, 5) is 9.08. The number of likely N-dealkylation sites (tertiary alicyclic amines) is 1. The summed E-state index contributed by atoms with van der Waals surface area (Å²) in [6, 6.07) is 4.82. The number of aryl methyl sites for hydroxylation is 1. The minimum absolute atomic E-state index is 0.602. The molecule has 0 amide bonds. The largest absolute Gasteiger partial charge is 0.314 e. The fourth-order valence-corrected chi connectivity index (χ4v) is 3.52. The predicted octanol–water partition coefficient (Wildman–Crippen LogP) is 1.75. The summed E-state index contributed by atoms with van der Waals surface area (Å²) in [5, 5.41) is 8.56. The molecule has 2 aromatic rings. The Balaban J connectivity index is 1.49. The van der Waals surface area contributed by atoms with Crippen molar-refractivity contribution in [3.05, 3.63) is 41.7 Å². The number of hydrogen-bond acceptors (Lipinski definition) is 5. The summed E-state index contributed by atoms with van der Waals surface area (Å²) < 4.78 is 2.20. The normalized spacial score (nSPS) is 18.6. The third kappa shape index (κ3) is 3.99. The van der Waals surface area contributed by atoms with Gasteiger partial charge in [0.2, 0.25) is 0 Å². The van der Waals surface area contributed by atoms with Gasteiger partial charge in [0.25, 0.3) is 0 Å². The van der Waals surface area contributed by atoms with Crippen LogP contribution >= 0.6 is 0 Å². The second kappa shape index (κ2) is 7.85. The highest BCUT2D eigenvalue weighted by Crippen LogP contribution is 2.17. The first-order valence-electron chi connectivity index (χ1n) is 8.87. The zero-order valence-corrected chi connectivity index (χ0v) is 15.0. The summed E-state index contributed by atoms with van der Waals surface area (Å²) >= 11 is 0. The van der Waals surface area contributed by atoms with Crippen LogP contribution in [0.25, 0.3) is 0 Å². The molecule has 0 N–H and O–H groups in total. The molecule has 0 bridgehead atoms. The molecular weight excluding hydrogens is 300 g/mol.